The average molecular weight is 605 g/mol. The summed E-state index contributed by atoms with van der Waals surface area (Å²) in [5, 5.41) is 3.78. The Balaban J connectivity index is 2.05. The fourth-order valence-electron chi connectivity index (χ4n) is 4.13. The SMILES string of the molecule is CC[C@H](C(=O)NCC(C)C)N(Cc1ccccc1Cl)C(=O)CN(c1ccc(Cl)cc1)S(=O)(=O)c1ccc(C)cc1. The number of carbonyl (C=O) groups excluding carboxylic acids is 2. The van der Waals surface area contributed by atoms with E-state index < -0.39 is 28.5 Å². The number of carbonyl (C=O) groups is 2. The van der Waals surface area contributed by atoms with Crippen molar-refractivity contribution < 1.29 is 18.0 Å². The van der Waals surface area contributed by atoms with E-state index in [-0.39, 0.29) is 29.0 Å². The molecule has 2 amide bonds. The average Bonchev–Trinajstić information content (AvgIpc) is 2.92. The van der Waals surface area contributed by atoms with Crippen LogP contribution in [0, 0.1) is 12.8 Å². The normalized spacial score (nSPS) is 12.2. The number of aryl methyl sites for hydroxylation is 1. The highest BCUT2D eigenvalue weighted by atomic mass is 35.5. The maximum atomic E-state index is 14.1. The first kappa shape index (κ1) is 31.5. The number of halogens is 2. The Labute approximate surface area is 247 Å². The van der Waals surface area contributed by atoms with Crippen LogP contribution in [0.25, 0.3) is 0 Å². The summed E-state index contributed by atoms with van der Waals surface area (Å²) in [6, 6.07) is 18.9. The number of anilines is 1. The quantitative estimate of drug-likeness (QED) is 0.272. The van der Waals surface area contributed by atoms with E-state index in [1.165, 1.54) is 17.0 Å². The zero-order chi connectivity index (χ0) is 29.4. The monoisotopic (exact) mass is 603 g/mol. The third kappa shape index (κ3) is 7.99. The van der Waals surface area contributed by atoms with E-state index in [1.54, 1.807) is 60.7 Å². The molecule has 7 nitrogen and oxygen atoms in total. The van der Waals surface area contributed by atoms with E-state index in [4.69, 9.17) is 23.2 Å². The molecule has 0 aliphatic heterocycles. The van der Waals surface area contributed by atoms with Crippen molar-refractivity contribution in [2.24, 2.45) is 5.92 Å². The topological polar surface area (TPSA) is 86.8 Å². The number of amides is 2. The smallest absolute Gasteiger partial charge is 0.264 e. The van der Waals surface area contributed by atoms with E-state index >= 15 is 0 Å². The Kier molecular flexibility index (Phi) is 11.0. The van der Waals surface area contributed by atoms with Crippen molar-refractivity contribution in [1.29, 1.82) is 0 Å². The molecule has 1 N–H and O–H groups in total. The lowest BCUT2D eigenvalue weighted by molar-refractivity contribution is -0.140. The summed E-state index contributed by atoms with van der Waals surface area (Å²) in [5.74, 6) is -0.637. The summed E-state index contributed by atoms with van der Waals surface area (Å²) < 4.78 is 28.8. The van der Waals surface area contributed by atoms with E-state index in [2.05, 4.69) is 5.32 Å². The van der Waals surface area contributed by atoms with Crippen LogP contribution in [0.3, 0.4) is 0 Å². The molecule has 0 heterocycles. The number of sulfonamides is 1. The predicted octanol–water partition coefficient (Wildman–Crippen LogP) is 6.08. The largest absolute Gasteiger partial charge is 0.354 e. The van der Waals surface area contributed by atoms with Crippen LogP contribution in [0.1, 0.15) is 38.3 Å². The highest BCUT2D eigenvalue weighted by Gasteiger charge is 2.34. The van der Waals surface area contributed by atoms with Gasteiger partial charge in [-0.15, -0.1) is 0 Å². The Bertz CT molecular complexity index is 1410. The zero-order valence-corrected chi connectivity index (χ0v) is 25.4. The van der Waals surface area contributed by atoms with Gasteiger partial charge in [-0.3, -0.25) is 13.9 Å². The fourth-order valence-corrected chi connectivity index (χ4v) is 5.86. The molecular formula is C30H35Cl2N3O4S. The number of hydrogen-bond acceptors (Lipinski definition) is 4. The van der Waals surface area contributed by atoms with Gasteiger partial charge in [0.25, 0.3) is 10.0 Å². The van der Waals surface area contributed by atoms with E-state index in [1.807, 2.05) is 27.7 Å². The lowest BCUT2D eigenvalue weighted by Gasteiger charge is -2.33. The Morgan fingerprint density at radius 2 is 1.55 bits per heavy atom. The van der Waals surface area contributed by atoms with Crippen LogP contribution >= 0.6 is 23.2 Å². The van der Waals surface area contributed by atoms with Crippen LogP contribution in [0.2, 0.25) is 10.0 Å². The minimum atomic E-state index is -4.15. The molecule has 0 spiro atoms. The van der Waals surface area contributed by atoms with Gasteiger partial charge in [-0.2, -0.15) is 0 Å². The second-order valence-corrected chi connectivity index (χ2v) is 12.7. The Morgan fingerprint density at radius 1 is 0.925 bits per heavy atom. The molecule has 0 fully saturated rings. The third-order valence-electron chi connectivity index (χ3n) is 6.37. The fraction of sp³-hybridized carbons (Fsp3) is 0.333. The van der Waals surface area contributed by atoms with Crippen LogP contribution in [0.5, 0.6) is 0 Å². The minimum absolute atomic E-state index is 0.0329. The number of rotatable bonds is 12. The molecule has 10 heteroatoms. The van der Waals surface area contributed by atoms with Crippen LogP contribution in [0.15, 0.2) is 77.7 Å². The first-order valence-corrected chi connectivity index (χ1v) is 15.3. The minimum Gasteiger partial charge on any atom is -0.354 e. The molecule has 0 aromatic heterocycles. The van der Waals surface area contributed by atoms with Crippen molar-refractivity contribution in [2.45, 2.75) is 51.6 Å². The first-order chi connectivity index (χ1) is 18.9. The lowest BCUT2D eigenvalue weighted by Crippen LogP contribution is -2.52. The molecular weight excluding hydrogens is 569 g/mol. The standard InChI is InChI=1S/C30H35Cl2N3O4S/c1-5-28(30(37)33-18-21(2)3)34(19-23-8-6-7-9-27(23)32)29(36)20-35(25-14-12-24(31)13-15-25)40(38,39)26-16-10-22(4)11-17-26/h6-17,21,28H,5,18-20H2,1-4H3,(H,33,37)/t28-/m1/s1. The number of hydrogen-bond donors (Lipinski definition) is 1. The summed E-state index contributed by atoms with van der Waals surface area (Å²) in [7, 11) is -4.15. The van der Waals surface area contributed by atoms with Crippen molar-refractivity contribution >= 4 is 50.7 Å². The number of nitrogens with one attached hydrogen (secondary N) is 1. The summed E-state index contributed by atoms with van der Waals surface area (Å²) in [6.07, 6.45) is 0.325. The molecule has 0 aliphatic carbocycles. The maximum Gasteiger partial charge on any atom is 0.264 e. The van der Waals surface area contributed by atoms with Gasteiger partial charge in [-0.25, -0.2) is 8.42 Å². The molecule has 3 aromatic carbocycles. The van der Waals surface area contributed by atoms with Crippen molar-refractivity contribution in [3.05, 3.63) is 94.0 Å². The van der Waals surface area contributed by atoms with Crippen LogP contribution < -0.4 is 9.62 Å². The summed E-state index contributed by atoms with van der Waals surface area (Å²) in [6.45, 7) is 7.58. The second-order valence-electron chi connectivity index (χ2n) is 9.98. The molecule has 0 unspecified atom stereocenters. The maximum absolute atomic E-state index is 14.1. The van der Waals surface area contributed by atoms with Gasteiger partial charge in [0, 0.05) is 23.1 Å². The highest BCUT2D eigenvalue weighted by molar-refractivity contribution is 7.92. The van der Waals surface area contributed by atoms with Crippen molar-refractivity contribution in [3.8, 4) is 0 Å². The molecule has 0 aliphatic rings. The molecule has 1 atom stereocenters. The Hall–Kier alpha value is -3.07. The third-order valence-corrected chi connectivity index (χ3v) is 8.78. The first-order valence-electron chi connectivity index (χ1n) is 13.1. The summed E-state index contributed by atoms with van der Waals surface area (Å²) >= 11 is 12.5. The van der Waals surface area contributed by atoms with E-state index in [9.17, 15) is 18.0 Å². The lowest BCUT2D eigenvalue weighted by atomic mass is 10.1. The molecule has 40 heavy (non-hydrogen) atoms. The second kappa shape index (κ2) is 14.0. The van der Waals surface area contributed by atoms with Crippen molar-refractivity contribution in [1.82, 2.24) is 10.2 Å². The Morgan fingerprint density at radius 3 is 2.12 bits per heavy atom. The number of nitrogens with zero attached hydrogens (tertiary/aromatic N) is 2. The molecule has 0 saturated carbocycles. The van der Waals surface area contributed by atoms with Crippen LogP contribution in [0.4, 0.5) is 5.69 Å². The molecule has 0 saturated heterocycles. The number of benzene rings is 3. The van der Waals surface area contributed by atoms with Crippen LogP contribution in [-0.4, -0.2) is 44.3 Å². The molecule has 3 rings (SSSR count). The van der Waals surface area contributed by atoms with E-state index in [0.29, 0.717) is 28.6 Å². The van der Waals surface area contributed by atoms with E-state index in [0.717, 1.165) is 9.87 Å². The van der Waals surface area contributed by atoms with Gasteiger partial charge in [0.2, 0.25) is 11.8 Å². The van der Waals surface area contributed by atoms with Gasteiger partial charge in [0.15, 0.2) is 0 Å². The molecule has 0 bridgehead atoms. The van der Waals surface area contributed by atoms with Gasteiger partial charge in [-0.1, -0.05) is 79.9 Å². The van der Waals surface area contributed by atoms with Crippen LogP contribution in [-0.2, 0) is 26.2 Å². The van der Waals surface area contributed by atoms with Gasteiger partial charge in [-0.05, 0) is 67.3 Å². The molecule has 214 valence electrons. The van der Waals surface area contributed by atoms with Crippen molar-refractivity contribution in [3.63, 3.8) is 0 Å². The molecule has 3 aromatic rings. The predicted molar refractivity (Wildman–Crippen MR) is 161 cm³/mol. The van der Waals surface area contributed by atoms with Gasteiger partial charge in [0.1, 0.15) is 12.6 Å². The zero-order valence-electron chi connectivity index (χ0n) is 23.1. The summed E-state index contributed by atoms with van der Waals surface area (Å²) in [4.78, 5) is 28.8. The van der Waals surface area contributed by atoms with Gasteiger partial charge < -0.3 is 10.2 Å². The van der Waals surface area contributed by atoms with Crippen molar-refractivity contribution in [2.75, 3.05) is 17.4 Å². The van der Waals surface area contributed by atoms with Gasteiger partial charge >= 0.3 is 0 Å². The van der Waals surface area contributed by atoms with Gasteiger partial charge in [0.05, 0.1) is 10.6 Å². The highest BCUT2D eigenvalue weighted by Crippen LogP contribution is 2.27. The summed E-state index contributed by atoms with van der Waals surface area (Å²) in [5.41, 5.74) is 1.82. The molecule has 0 radical (unpaired) electrons.